The van der Waals surface area contributed by atoms with Crippen molar-refractivity contribution in [3.63, 3.8) is 0 Å². The quantitative estimate of drug-likeness (QED) is 0.498. The molecular formula is C13H5N5O12. The Morgan fingerprint density at radius 3 is 1.63 bits per heavy atom. The monoisotopic (exact) mass is 423 g/mol. The molecule has 0 fully saturated rings. The molecule has 0 radical (unpaired) electrons. The van der Waals surface area contributed by atoms with Gasteiger partial charge in [-0.15, -0.1) is 0 Å². The lowest BCUT2D eigenvalue weighted by molar-refractivity contribution is -0.403. The van der Waals surface area contributed by atoms with Crippen molar-refractivity contribution >= 4 is 34.4 Å². The van der Waals surface area contributed by atoms with E-state index in [1.54, 1.807) is 0 Å². The van der Waals surface area contributed by atoms with E-state index in [1.807, 2.05) is 0 Å². The third kappa shape index (κ3) is 3.52. The highest BCUT2D eigenvalue weighted by Crippen LogP contribution is 2.47. The van der Waals surface area contributed by atoms with Crippen LogP contribution in [0.2, 0.25) is 0 Å². The minimum atomic E-state index is -2.20. The van der Waals surface area contributed by atoms with Crippen LogP contribution in [0.25, 0.3) is 11.1 Å². The number of rotatable bonds is 7. The second kappa shape index (κ2) is 7.50. The first kappa shape index (κ1) is 21.2. The summed E-state index contributed by atoms with van der Waals surface area (Å²) >= 11 is 0. The van der Waals surface area contributed by atoms with Crippen LogP contribution in [0.1, 0.15) is 10.4 Å². The van der Waals surface area contributed by atoms with E-state index in [1.165, 1.54) is 0 Å². The SMILES string of the molecule is O=C(O)c1c([N+](=O)[O-])cc([N+](=O)[O-])c(-c2ccc([N+](=O)[O-])cc2[N+](=O)[O-])c1[N+](=O)[O-]. The first-order chi connectivity index (χ1) is 13.9. The van der Waals surface area contributed by atoms with Crippen molar-refractivity contribution in [1.82, 2.24) is 0 Å². The van der Waals surface area contributed by atoms with Gasteiger partial charge in [-0.2, -0.15) is 0 Å². The summed E-state index contributed by atoms with van der Waals surface area (Å²) in [5, 5.41) is 65.5. The normalized spacial score (nSPS) is 10.3. The molecule has 1 N–H and O–H groups in total. The van der Waals surface area contributed by atoms with E-state index in [0.29, 0.717) is 18.2 Å². The highest BCUT2D eigenvalue weighted by atomic mass is 16.6. The molecule has 0 amide bonds. The zero-order valence-corrected chi connectivity index (χ0v) is 14.0. The third-order valence-corrected chi connectivity index (χ3v) is 3.71. The molecule has 0 unspecified atom stereocenters. The largest absolute Gasteiger partial charge is 0.477 e. The Morgan fingerprint density at radius 1 is 0.700 bits per heavy atom. The number of aromatic carboxylic acids is 1. The van der Waals surface area contributed by atoms with Gasteiger partial charge in [-0.1, -0.05) is 0 Å². The summed E-state index contributed by atoms with van der Waals surface area (Å²) in [5.41, 5.74) is -10.3. The average Bonchev–Trinajstić information content (AvgIpc) is 2.65. The molecule has 0 aromatic heterocycles. The van der Waals surface area contributed by atoms with Gasteiger partial charge >= 0.3 is 11.7 Å². The zero-order valence-electron chi connectivity index (χ0n) is 14.0. The van der Waals surface area contributed by atoms with Crippen LogP contribution in [0.5, 0.6) is 0 Å². The lowest BCUT2D eigenvalue weighted by Crippen LogP contribution is -2.11. The molecule has 0 atom stereocenters. The van der Waals surface area contributed by atoms with Gasteiger partial charge in [0, 0.05) is 6.07 Å². The number of carboxylic acids is 1. The number of nitro benzene ring substituents is 5. The summed E-state index contributed by atoms with van der Waals surface area (Å²) in [6, 6.07) is 1.67. The second-order valence-electron chi connectivity index (χ2n) is 5.31. The van der Waals surface area contributed by atoms with Crippen molar-refractivity contribution in [3.05, 3.63) is 80.4 Å². The summed E-state index contributed by atoms with van der Waals surface area (Å²) in [7, 11) is 0. The van der Waals surface area contributed by atoms with Crippen LogP contribution in [0.15, 0.2) is 24.3 Å². The van der Waals surface area contributed by atoms with Crippen molar-refractivity contribution in [3.8, 4) is 11.1 Å². The first-order valence-corrected chi connectivity index (χ1v) is 7.19. The molecule has 2 rings (SSSR count). The molecule has 0 saturated heterocycles. The number of hydrogen-bond acceptors (Lipinski definition) is 11. The Balaban J connectivity index is 3.19. The molecule has 154 valence electrons. The van der Waals surface area contributed by atoms with E-state index < -0.39 is 75.7 Å². The summed E-state index contributed by atoms with van der Waals surface area (Å²) in [6.07, 6.45) is 0. The zero-order chi connectivity index (χ0) is 22.9. The molecule has 17 heteroatoms. The predicted molar refractivity (Wildman–Crippen MR) is 92.1 cm³/mol. The van der Waals surface area contributed by atoms with Crippen molar-refractivity contribution in [2.24, 2.45) is 0 Å². The number of carboxylic acid groups (broad SMARTS) is 1. The Kier molecular flexibility index (Phi) is 5.30. The molecular weight excluding hydrogens is 418 g/mol. The Bertz CT molecular complexity index is 1170. The number of nitrogens with zero attached hydrogens (tertiary/aromatic N) is 5. The highest BCUT2D eigenvalue weighted by molar-refractivity contribution is 6.04. The number of benzene rings is 2. The summed E-state index contributed by atoms with van der Waals surface area (Å²) in [4.78, 5) is 61.3. The molecule has 0 spiro atoms. The van der Waals surface area contributed by atoms with Crippen LogP contribution in [-0.2, 0) is 0 Å². The fourth-order valence-corrected chi connectivity index (χ4v) is 2.58. The van der Waals surface area contributed by atoms with Crippen LogP contribution >= 0.6 is 0 Å². The standard InChI is InChI=1S/C13H5N5O12/c19-13(20)11-9(17(27)28)4-8(16(25)26)10(12(11)18(29)30)6-2-1-5(14(21)22)3-7(6)15(23)24/h1-4H,(H,19,20). The van der Waals surface area contributed by atoms with E-state index in [2.05, 4.69) is 0 Å². The van der Waals surface area contributed by atoms with Gasteiger partial charge in [0.15, 0.2) is 0 Å². The molecule has 2 aromatic carbocycles. The van der Waals surface area contributed by atoms with Gasteiger partial charge in [-0.3, -0.25) is 50.6 Å². The summed E-state index contributed by atoms with van der Waals surface area (Å²) in [5.74, 6) is -2.20. The topological polar surface area (TPSA) is 253 Å². The van der Waals surface area contributed by atoms with E-state index in [-0.39, 0.29) is 6.07 Å². The molecule has 17 nitrogen and oxygen atoms in total. The number of carbonyl (C=O) groups is 1. The minimum Gasteiger partial charge on any atom is -0.477 e. The molecule has 0 bridgehead atoms. The van der Waals surface area contributed by atoms with E-state index >= 15 is 0 Å². The highest BCUT2D eigenvalue weighted by Gasteiger charge is 2.42. The molecule has 0 heterocycles. The maximum atomic E-state index is 11.5. The van der Waals surface area contributed by atoms with Crippen LogP contribution in [0.4, 0.5) is 28.4 Å². The van der Waals surface area contributed by atoms with E-state index in [4.69, 9.17) is 0 Å². The molecule has 0 aliphatic carbocycles. The first-order valence-electron chi connectivity index (χ1n) is 7.19. The number of hydrogen-bond donors (Lipinski definition) is 1. The lowest BCUT2D eigenvalue weighted by Gasteiger charge is -2.08. The summed E-state index contributed by atoms with van der Waals surface area (Å²) in [6.45, 7) is 0. The molecule has 0 aliphatic heterocycles. The molecule has 0 aliphatic rings. The van der Waals surface area contributed by atoms with Crippen molar-refractivity contribution in [2.45, 2.75) is 0 Å². The fourth-order valence-electron chi connectivity index (χ4n) is 2.58. The van der Waals surface area contributed by atoms with Gasteiger partial charge in [-0.05, 0) is 6.07 Å². The molecule has 30 heavy (non-hydrogen) atoms. The van der Waals surface area contributed by atoms with Crippen LogP contribution < -0.4 is 0 Å². The Morgan fingerprint density at radius 2 is 1.23 bits per heavy atom. The van der Waals surface area contributed by atoms with Gasteiger partial charge in [0.1, 0.15) is 5.56 Å². The van der Waals surface area contributed by atoms with Crippen molar-refractivity contribution in [1.29, 1.82) is 0 Å². The fraction of sp³-hybridized carbons (Fsp3) is 0. The van der Waals surface area contributed by atoms with Gasteiger partial charge < -0.3 is 5.11 Å². The predicted octanol–water partition coefficient (Wildman–Crippen LogP) is 2.59. The third-order valence-electron chi connectivity index (χ3n) is 3.71. The van der Waals surface area contributed by atoms with Crippen LogP contribution in [-0.4, -0.2) is 35.7 Å². The summed E-state index contributed by atoms with van der Waals surface area (Å²) < 4.78 is 0. The van der Waals surface area contributed by atoms with Gasteiger partial charge in [-0.25, -0.2) is 4.79 Å². The van der Waals surface area contributed by atoms with Crippen molar-refractivity contribution in [2.75, 3.05) is 0 Å². The molecule has 0 saturated carbocycles. The minimum absolute atomic E-state index is 0.108. The van der Waals surface area contributed by atoms with Crippen LogP contribution in [0, 0.1) is 50.6 Å². The Hall–Kier alpha value is -5.09. The van der Waals surface area contributed by atoms with Gasteiger partial charge in [0.25, 0.3) is 22.7 Å². The van der Waals surface area contributed by atoms with E-state index in [9.17, 15) is 60.5 Å². The molecule has 2 aromatic rings. The maximum Gasteiger partial charge on any atom is 0.349 e. The van der Waals surface area contributed by atoms with E-state index in [0.717, 1.165) is 0 Å². The maximum absolute atomic E-state index is 11.5. The lowest BCUT2D eigenvalue weighted by atomic mass is 9.95. The van der Waals surface area contributed by atoms with Gasteiger partial charge in [0.05, 0.1) is 42.3 Å². The Labute approximate surface area is 161 Å². The number of non-ortho nitro benzene ring substituents is 1. The smallest absolute Gasteiger partial charge is 0.349 e. The van der Waals surface area contributed by atoms with Crippen LogP contribution in [0.3, 0.4) is 0 Å². The van der Waals surface area contributed by atoms with Crippen molar-refractivity contribution < 1.29 is 34.5 Å². The number of nitro groups is 5. The average molecular weight is 423 g/mol. The van der Waals surface area contributed by atoms with Gasteiger partial charge in [0.2, 0.25) is 5.56 Å². The second-order valence-corrected chi connectivity index (χ2v) is 5.31.